The Morgan fingerprint density at radius 1 is 0.963 bits per heavy atom. The molecule has 0 radical (unpaired) electrons. The summed E-state index contributed by atoms with van der Waals surface area (Å²) in [6.45, 7) is 6.64. The molecule has 1 heterocycles. The van der Waals surface area contributed by atoms with Gasteiger partial charge in [0.2, 0.25) is 0 Å². The number of benzene rings is 3. The molecule has 0 bridgehead atoms. The van der Waals surface area contributed by atoms with Gasteiger partial charge < -0.3 is 9.67 Å². The highest BCUT2D eigenvalue weighted by molar-refractivity contribution is 5.79. The van der Waals surface area contributed by atoms with E-state index in [1.165, 1.54) is 0 Å². The summed E-state index contributed by atoms with van der Waals surface area (Å²) < 4.78 is 2.09. The molecule has 0 unspecified atom stereocenters. The van der Waals surface area contributed by atoms with Crippen LogP contribution in [-0.2, 0) is 12.1 Å². The molecule has 3 aromatic carbocycles. The van der Waals surface area contributed by atoms with Crippen molar-refractivity contribution in [3.63, 3.8) is 0 Å². The van der Waals surface area contributed by atoms with Gasteiger partial charge in [0, 0.05) is 6.54 Å². The van der Waals surface area contributed by atoms with E-state index in [-0.39, 0.29) is 0 Å². The zero-order chi connectivity index (χ0) is 18.9. The van der Waals surface area contributed by atoms with Gasteiger partial charge in [0.25, 0.3) is 0 Å². The summed E-state index contributed by atoms with van der Waals surface area (Å²) in [5.74, 6) is 0.624. The minimum absolute atomic E-state index is 0.624. The SMILES string of the molecule is C=Cc1ccc2nc(C(O)(c3ccccc3)c3ccccc3)n(CC)c2c1. The molecular weight excluding hydrogens is 332 g/mol. The zero-order valence-corrected chi connectivity index (χ0v) is 15.3. The number of aromatic nitrogens is 2. The molecule has 3 nitrogen and oxygen atoms in total. The lowest BCUT2D eigenvalue weighted by atomic mass is 9.85. The average Bonchev–Trinajstić information content (AvgIpc) is 3.12. The molecule has 0 aliphatic heterocycles. The minimum Gasteiger partial charge on any atom is -0.373 e. The molecule has 134 valence electrons. The van der Waals surface area contributed by atoms with Gasteiger partial charge in [-0.2, -0.15) is 0 Å². The van der Waals surface area contributed by atoms with Crippen molar-refractivity contribution in [1.29, 1.82) is 0 Å². The Hall–Kier alpha value is -3.17. The molecule has 27 heavy (non-hydrogen) atoms. The van der Waals surface area contributed by atoms with E-state index in [0.717, 1.165) is 27.7 Å². The second kappa shape index (κ2) is 6.86. The monoisotopic (exact) mass is 354 g/mol. The molecule has 3 heteroatoms. The van der Waals surface area contributed by atoms with Gasteiger partial charge >= 0.3 is 0 Å². The van der Waals surface area contributed by atoms with Crippen molar-refractivity contribution in [2.45, 2.75) is 19.1 Å². The predicted molar refractivity (Wildman–Crippen MR) is 110 cm³/mol. The lowest BCUT2D eigenvalue weighted by Gasteiger charge is -2.29. The van der Waals surface area contributed by atoms with Crippen LogP contribution in [-0.4, -0.2) is 14.7 Å². The number of imidazole rings is 1. The van der Waals surface area contributed by atoms with Crippen LogP contribution in [0.25, 0.3) is 17.1 Å². The molecule has 0 saturated heterocycles. The first-order chi connectivity index (χ1) is 13.2. The van der Waals surface area contributed by atoms with Crippen LogP contribution in [0.3, 0.4) is 0 Å². The highest BCUT2D eigenvalue weighted by Gasteiger charge is 2.38. The van der Waals surface area contributed by atoms with Crippen LogP contribution >= 0.6 is 0 Å². The summed E-state index contributed by atoms with van der Waals surface area (Å²) in [6.07, 6.45) is 1.83. The van der Waals surface area contributed by atoms with Gasteiger partial charge in [-0.05, 0) is 35.7 Å². The average molecular weight is 354 g/mol. The smallest absolute Gasteiger partial charge is 0.173 e. The first kappa shape index (κ1) is 17.3. The van der Waals surface area contributed by atoms with Crippen LogP contribution in [0.4, 0.5) is 0 Å². The number of aliphatic hydroxyl groups is 1. The summed E-state index contributed by atoms with van der Waals surface area (Å²) >= 11 is 0. The lowest BCUT2D eigenvalue weighted by Crippen LogP contribution is -2.32. The van der Waals surface area contributed by atoms with Crippen LogP contribution in [0.1, 0.15) is 29.4 Å². The molecule has 4 rings (SSSR count). The Balaban J connectivity index is 2.06. The van der Waals surface area contributed by atoms with Gasteiger partial charge in [0.15, 0.2) is 11.4 Å². The van der Waals surface area contributed by atoms with E-state index in [9.17, 15) is 5.11 Å². The predicted octanol–water partition coefficient (Wildman–Crippen LogP) is 4.98. The lowest BCUT2D eigenvalue weighted by molar-refractivity contribution is 0.112. The van der Waals surface area contributed by atoms with Gasteiger partial charge in [0.05, 0.1) is 11.0 Å². The number of aryl methyl sites for hydroxylation is 1. The zero-order valence-electron chi connectivity index (χ0n) is 15.3. The third-order valence-corrected chi connectivity index (χ3v) is 5.03. The summed E-state index contributed by atoms with van der Waals surface area (Å²) in [7, 11) is 0. The van der Waals surface area contributed by atoms with Crippen LogP contribution in [0.15, 0.2) is 85.4 Å². The molecule has 0 atom stereocenters. The number of rotatable bonds is 5. The molecule has 0 amide bonds. The molecular formula is C24H22N2O. The number of hydrogen-bond acceptors (Lipinski definition) is 2. The van der Waals surface area contributed by atoms with Gasteiger partial charge in [-0.25, -0.2) is 4.98 Å². The highest BCUT2D eigenvalue weighted by atomic mass is 16.3. The van der Waals surface area contributed by atoms with Crippen molar-refractivity contribution in [2.75, 3.05) is 0 Å². The maximum atomic E-state index is 12.1. The molecule has 1 aromatic heterocycles. The third kappa shape index (κ3) is 2.77. The second-order valence-corrected chi connectivity index (χ2v) is 6.57. The van der Waals surface area contributed by atoms with E-state index >= 15 is 0 Å². The van der Waals surface area contributed by atoms with Crippen molar-refractivity contribution in [2.24, 2.45) is 0 Å². The van der Waals surface area contributed by atoms with Gasteiger partial charge in [0.1, 0.15) is 0 Å². The van der Waals surface area contributed by atoms with Gasteiger partial charge in [-0.15, -0.1) is 0 Å². The Morgan fingerprint density at radius 3 is 2.07 bits per heavy atom. The Morgan fingerprint density at radius 2 is 1.56 bits per heavy atom. The third-order valence-electron chi connectivity index (χ3n) is 5.03. The van der Waals surface area contributed by atoms with Gasteiger partial charge in [-0.1, -0.05) is 79.4 Å². The summed E-state index contributed by atoms with van der Waals surface area (Å²) in [6, 6.07) is 25.5. The topological polar surface area (TPSA) is 38.1 Å². The Kier molecular flexibility index (Phi) is 4.38. The Bertz CT molecular complexity index is 1040. The minimum atomic E-state index is -1.34. The number of fused-ring (bicyclic) bond motifs is 1. The van der Waals surface area contributed by atoms with Crippen molar-refractivity contribution in [1.82, 2.24) is 9.55 Å². The highest BCUT2D eigenvalue weighted by Crippen LogP contribution is 2.37. The molecule has 0 aliphatic rings. The van der Waals surface area contributed by atoms with Crippen molar-refractivity contribution in [3.05, 3.63) is 108 Å². The molecule has 0 saturated carbocycles. The fourth-order valence-electron chi connectivity index (χ4n) is 3.65. The summed E-state index contributed by atoms with van der Waals surface area (Å²) in [4.78, 5) is 4.86. The Labute approximate surface area is 159 Å². The largest absolute Gasteiger partial charge is 0.373 e. The fraction of sp³-hybridized carbons (Fsp3) is 0.125. The van der Waals surface area contributed by atoms with E-state index < -0.39 is 5.60 Å². The van der Waals surface area contributed by atoms with Crippen LogP contribution in [0, 0.1) is 0 Å². The molecule has 0 spiro atoms. The maximum absolute atomic E-state index is 12.1. The normalized spacial score (nSPS) is 11.6. The van der Waals surface area contributed by atoms with Crippen molar-refractivity contribution < 1.29 is 5.11 Å². The van der Waals surface area contributed by atoms with Crippen molar-refractivity contribution >= 4 is 17.1 Å². The second-order valence-electron chi connectivity index (χ2n) is 6.57. The molecule has 0 aliphatic carbocycles. The van der Waals surface area contributed by atoms with E-state index in [0.29, 0.717) is 12.4 Å². The number of nitrogens with zero attached hydrogens (tertiary/aromatic N) is 2. The van der Waals surface area contributed by atoms with Crippen LogP contribution in [0.5, 0.6) is 0 Å². The van der Waals surface area contributed by atoms with Crippen molar-refractivity contribution in [3.8, 4) is 0 Å². The first-order valence-corrected chi connectivity index (χ1v) is 9.15. The van der Waals surface area contributed by atoms with E-state index in [4.69, 9.17) is 4.98 Å². The fourth-order valence-corrected chi connectivity index (χ4v) is 3.65. The quantitative estimate of drug-likeness (QED) is 0.549. The van der Waals surface area contributed by atoms with E-state index in [2.05, 4.69) is 24.1 Å². The summed E-state index contributed by atoms with van der Waals surface area (Å²) in [5, 5.41) is 12.1. The van der Waals surface area contributed by atoms with E-state index in [1.807, 2.05) is 78.9 Å². The van der Waals surface area contributed by atoms with E-state index in [1.54, 1.807) is 0 Å². The molecule has 0 fully saturated rings. The van der Waals surface area contributed by atoms with Crippen LogP contribution < -0.4 is 0 Å². The molecule has 1 N–H and O–H groups in total. The maximum Gasteiger partial charge on any atom is 0.173 e. The standard InChI is InChI=1S/C24H22N2O/c1-3-18-15-16-21-22(17-18)26(4-2)23(25-21)24(27,19-11-7-5-8-12-19)20-13-9-6-10-14-20/h3,5-17,27H,1,4H2,2H3. The first-order valence-electron chi connectivity index (χ1n) is 9.15. The summed E-state index contributed by atoms with van der Waals surface area (Å²) in [5.41, 5.74) is 3.14. The molecule has 4 aromatic rings. The number of hydrogen-bond donors (Lipinski definition) is 1. The van der Waals surface area contributed by atoms with Gasteiger partial charge in [-0.3, -0.25) is 0 Å². The van der Waals surface area contributed by atoms with Crippen LogP contribution in [0.2, 0.25) is 0 Å².